The van der Waals surface area contributed by atoms with E-state index in [1.54, 1.807) is 12.3 Å². The van der Waals surface area contributed by atoms with Crippen LogP contribution in [0.2, 0.25) is 0 Å². The minimum atomic E-state index is -0.755. The minimum Gasteiger partial charge on any atom is -0.493 e. The molecule has 1 aliphatic rings. The van der Waals surface area contributed by atoms with Crippen molar-refractivity contribution >= 4 is 0 Å². The Kier molecular flexibility index (Phi) is 6.01. The van der Waals surface area contributed by atoms with Crippen molar-refractivity contribution in [2.24, 2.45) is 0 Å². The molecule has 0 aromatic heterocycles. The topological polar surface area (TPSA) is 47.9 Å². The highest BCUT2D eigenvalue weighted by atomic mass is 16.6. The van der Waals surface area contributed by atoms with Crippen LogP contribution in [-0.2, 0) is 27.4 Å². The zero-order valence-corrected chi connectivity index (χ0v) is 13.5. The van der Waals surface area contributed by atoms with Gasteiger partial charge in [0.1, 0.15) is 18.3 Å². The van der Waals surface area contributed by atoms with E-state index in [0.29, 0.717) is 19.8 Å². The molecule has 4 heteroatoms. The van der Waals surface area contributed by atoms with Crippen molar-refractivity contribution in [3.8, 4) is 0 Å². The molecular weight excluding hydrogens is 304 g/mol. The van der Waals surface area contributed by atoms with Gasteiger partial charge in [0.2, 0.25) is 0 Å². The van der Waals surface area contributed by atoms with Gasteiger partial charge in [-0.1, -0.05) is 60.7 Å². The SMILES string of the molecule is O[C@@H]1[C@H](OCc2ccccc2)C=CO[C@@H]1COCc1ccccc1. The Morgan fingerprint density at radius 2 is 1.50 bits per heavy atom. The zero-order valence-electron chi connectivity index (χ0n) is 13.5. The lowest BCUT2D eigenvalue weighted by Gasteiger charge is -2.31. The summed E-state index contributed by atoms with van der Waals surface area (Å²) >= 11 is 0. The molecule has 126 valence electrons. The molecule has 1 N–H and O–H groups in total. The van der Waals surface area contributed by atoms with E-state index in [1.165, 1.54) is 0 Å². The fraction of sp³-hybridized carbons (Fsp3) is 0.300. The Labute approximate surface area is 142 Å². The van der Waals surface area contributed by atoms with Gasteiger partial charge in [-0.05, 0) is 17.2 Å². The van der Waals surface area contributed by atoms with E-state index in [9.17, 15) is 5.11 Å². The van der Waals surface area contributed by atoms with Crippen molar-refractivity contribution in [3.05, 3.63) is 84.1 Å². The standard InChI is InChI=1S/C20H22O4/c21-20-18(24-14-17-9-5-2-6-10-17)11-12-23-19(20)15-22-13-16-7-3-1-4-8-16/h1-12,18-21H,13-15H2/t18-,19-,20-/m1/s1. The van der Waals surface area contributed by atoms with Gasteiger partial charge in [-0.2, -0.15) is 0 Å². The van der Waals surface area contributed by atoms with Gasteiger partial charge in [0, 0.05) is 0 Å². The zero-order chi connectivity index (χ0) is 16.6. The maximum absolute atomic E-state index is 10.4. The van der Waals surface area contributed by atoms with E-state index < -0.39 is 18.3 Å². The molecule has 3 rings (SSSR count). The van der Waals surface area contributed by atoms with Crippen LogP contribution in [0.3, 0.4) is 0 Å². The van der Waals surface area contributed by atoms with Gasteiger partial charge in [0.05, 0.1) is 26.1 Å². The average Bonchev–Trinajstić information content (AvgIpc) is 2.64. The maximum Gasteiger partial charge on any atom is 0.150 e. The third-order valence-electron chi connectivity index (χ3n) is 3.92. The van der Waals surface area contributed by atoms with Crippen LogP contribution in [0, 0.1) is 0 Å². The van der Waals surface area contributed by atoms with E-state index in [4.69, 9.17) is 14.2 Å². The summed E-state index contributed by atoms with van der Waals surface area (Å²) in [6.07, 6.45) is 1.73. The Morgan fingerprint density at radius 1 is 0.875 bits per heavy atom. The molecule has 0 saturated heterocycles. The van der Waals surface area contributed by atoms with E-state index in [0.717, 1.165) is 11.1 Å². The summed E-state index contributed by atoms with van der Waals surface area (Å²) in [5, 5.41) is 10.4. The first-order valence-corrected chi connectivity index (χ1v) is 8.10. The lowest BCUT2D eigenvalue weighted by Crippen LogP contribution is -2.44. The largest absolute Gasteiger partial charge is 0.493 e. The van der Waals surface area contributed by atoms with Crippen LogP contribution in [0.5, 0.6) is 0 Å². The number of rotatable bonds is 7. The molecule has 0 aliphatic carbocycles. The number of aliphatic hydroxyl groups is 1. The molecule has 1 heterocycles. The summed E-state index contributed by atoms with van der Waals surface area (Å²) in [7, 11) is 0. The third-order valence-corrected chi connectivity index (χ3v) is 3.92. The van der Waals surface area contributed by atoms with Crippen molar-refractivity contribution < 1.29 is 19.3 Å². The quantitative estimate of drug-likeness (QED) is 0.849. The Balaban J connectivity index is 1.46. The molecule has 4 nitrogen and oxygen atoms in total. The predicted molar refractivity (Wildman–Crippen MR) is 91.1 cm³/mol. The molecule has 3 atom stereocenters. The fourth-order valence-electron chi connectivity index (χ4n) is 2.56. The van der Waals surface area contributed by atoms with E-state index in [1.807, 2.05) is 60.7 Å². The Bertz CT molecular complexity index is 627. The highest BCUT2D eigenvalue weighted by Gasteiger charge is 2.31. The van der Waals surface area contributed by atoms with Crippen molar-refractivity contribution in [1.82, 2.24) is 0 Å². The molecule has 0 unspecified atom stereocenters. The van der Waals surface area contributed by atoms with Gasteiger partial charge in [-0.3, -0.25) is 0 Å². The first-order chi connectivity index (χ1) is 11.8. The smallest absolute Gasteiger partial charge is 0.150 e. The second-order valence-electron chi connectivity index (χ2n) is 5.76. The van der Waals surface area contributed by atoms with Crippen LogP contribution in [0.1, 0.15) is 11.1 Å². The predicted octanol–water partition coefficient (Wildman–Crippen LogP) is 3.06. The lowest BCUT2D eigenvalue weighted by atomic mass is 10.1. The van der Waals surface area contributed by atoms with Gasteiger partial charge in [0.25, 0.3) is 0 Å². The minimum absolute atomic E-state index is 0.311. The monoisotopic (exact) mass is 326 g/mol. The van der Waals surface area contributed by atoms with E-state index in [-0.39, 0.29) is 0 Å². The van der Waals surface area contributed by atoms with Crippen LogP contribution in [0.15, 0.2) is 73.0 Å². The van der Waals surface area contributed by atoms with Crippen LogP contribution in [0.4, 0.5) is 0 Å². The number of hydrogen-bond acceptors (Lipinski definition) is 4. The molecule has 2 aromatic rings. The molecule has 0 saturated carbocycles. The van der Waals surface area contributed by atoms with Crippen molar-refractivity contribution in [1.29, 1.82) is 0 Å². The van der Waals surface area contributed by atoms with Gasteiger partial charge >= 0.3 is 0 Å². The van der Waals surface area contributed by atoms with Crippen LogP contribution in [-0.4, -0.2) is 30.0 Å². The second kappa shape index (κ2) is 8.64. The lowest BCUT2D eigenvalue weighted by molar-refractivity contribution is -0.116. The molecule has 2 aromatic carbocycles. The van der Waals surface area contributed by atoms with Gasteiger partial charge < -0.3 is 19.3 Å². The number of benzene rings is 2. The summed E-state index contributed by atoms with van der Waals surface area (Å²) in [6, 6.07) is 19.8. The molecule has 0 fully saturated rings. The fourth-order valence-corrected chi connectivity index (χ4v) is 2.56. The van der Waals surface area contributed by atoms with Crippen molar-refractivity contribution in [2.75, 3.05) is 6.61 Å². The number of ether oxygens (including phenoxy) is 3. The second-order valence-corrected chi connectivity index (χ2v) is 5.76. The first-order valence-electron chi connectivity index (χ1n) is 8.10. The highest BCUT2D eigenvalue weighted by molar-refractivity contribution is 5.14. The number of aliphatic hydroxyl groups excluding tert-OH is 1. The van der Waals surface area contributed by atoms with Gasteiger partial charge in [0.15, 0.2) is 0 Å². The van der Waals surface area contributed by atoms with E-state index >= 15 is 0 Å². The summed E-state index contributed by atoms with van der Waals surface area (Å²) in [5.74, 6) is 0. The molecule has 24 heavy (non-hydrogen) atoms. The van der Waals surface area contributed by atoms with Crippen LogP contribution in [0.25, 0.3) is 0 Å². The normalized spacial score (nSPS) is 23.0. The Hall–Kier alpha value is -2.14. The molecule has 0 radical (unpaired) electrons. The average molecular weight is 326 g/mol. The maximum atomic E-state index is 10.4. The van der Waals surface area contributed by atoms with E-state index in [2.05, 4.69) is 0 Å². The van der Waals surface area contributed by atoms with Crippen LogP contribution >= 0.6 is 0 Å². The highest BCUT2D eigenvalue weighted by Crippen LogP contribution is 2.18. The first kappa shape index (κ1) is 16.7. The molecular formula is C20H22O4. The molecule has 0 bridgehead atoms. The summed E-state index contributed by atoms with van der Waals surface area (Å²) in [4.78, 5) is 0. The number of hydrogen-bond donors (Lipinski definition) is 1. The summed E-state index contributed by atoms with van der Waals surface area (Å²) < 4.78 is 16.9. The molecule has 1 aliphatic heterocycles. The molecule has 0 spiro atoms. The summed E-state index contributed by atoms with van der Waals surface area (Å²) in [5.41, 5.74) is 2.16. The third kappa shape index (κ3) is 4.68. The van der Waals surface area contributed by atoms with Crippen LogP contribution < -0.4 is 0 Å². The van der Waals surface area contributed by atoms with Gasteiger partial charge in [-0.15, -0.1) is 0 Å². The molecule has 0 amide bonds. The van der Waals surface area contributed by atoms with Crippen molar-refractivity contribution in [2.45, 2.75) is 31.5 Å². The van der Waals surface area contributed by atoms with Gasteiger partial charge in [-0.25, -0.2) is 0 Å². The van der Waals surface area contributed by atoms with Crippen molar-refractivity contribution in [3.63, 3.8) is 0 Å². The Morgan fingerprint density at radius 3 is 2.17 bits per heavy atom. The summed E-state index contributed by atoms with van der Waals surface area (Å²) in [6.45, 7) is 1.25.